The molecule has 0 saturated heterocycles. The summed E-state index contributed by atoms with van der Waals surface area (Å²) >= 11 is 0. The molecule has 0 N–H and O–H groups in total. The third-order valence-corrected chi connectivity index (χ3v) is 11.2. The Morgan fingerprint density at radius 2 is 0.951 bits per heavy atom. The molecule has 10 rings (SSSR count). The van der Waals surface area contributed by atoms with Gasteiger partial charge < -0.3 is 0 Å². The lowest BCUT2D eigenvalue weighted by molar-refractivity contribution is -0.138. The molecular formula is C35H29N3O3. The molecule has 6 aliphatic rings. The summed E-state index contributed by atoms with van der Waals surface area (Å²) < 4.78 is 4.67. The monoisotopic (exact) mass is 539 g/mol. The van der Waals surface area contributed by atoms with Crippen LogP contribution in [-0.4, -0.2) is 19.7 Å². The van der Waals surface area contributed by atoms with E-state index in [9.17, 15) is 14.4 Å². The molecule has 6 heteroatoms. The summed E-state index contributed by atoms with van der Waals surface area (Å²) in [4.78, 5) is 42.6. The zero-order valence-corrected chi connectivity index (χ0v) is 22.8. The summed E-state index contributed by atoms with van der Waals surface area (Å²) in [5.74, 6) is 0.656. The lowest BCUT2D eigenvalue weighted by Crippen LogP contribution is -2.65. The van der Waals surface area contributed by atoms with Gasteiger partial charge in [0.15, 0.2) is 5.78 Å². The van der Waals surface area contributed by atoms with Gasteiger partial charge in [-0.1, -0.05) is 91.0 Å². The van der Waals surface area contributed by atoms with Crippen LogP contribution in [-0.2, 0) is 4.79 Å². The topological polar surface area (TPSA) is 66.0 Å². The van der Waals surface area contributed by atoms with Crippen LogP contribution in [0, 0.1) is 34.5 Å². The number of carbonyl (C=O) groups excluding carboxylic acids is 1. The molecule has 3 aromatic carbocycles. The van der Waals surface area contributed by atoms with E-state index in [0.717, 1.165) is 22.3 Å². The maximum Gasteiger partial charge on any atom is 0.352 e. The van der Waals surface area contributed by atoms with Gasteiger partial charge in [-0.3, -0.25) is 4.79 Å². The molecule has 4 bridgehead atoms. The Morgan fingerprint density at radius 3 is 1.37 bits per heavy atom. The Hall–Kier alpha value is -4.45. The summed E-state index contributed by atoms with van der Waals surface area (Å²) in [7, 11) is 0. The SMILES string of the molecule is C[C@]12C(=O)[C@@](C)(C(c3ccccc3)=C1c1ccccc1)[C@H]1[C@@H]3[C@H]([C@H]12)[C@@H]1C=C[C@@H]3n2c(=O)n(-c3ccccc3)c(=O)n21. The van der Waals surface area contributed by atoms with Crippen LogP contribution < -0.4 is 11.4 Å². The lowest BCUT2D eigenvalue weighted by Gasteiger charge is -2.65. The lowest BCUT2D eigenvalue weighted by atomic mass is 9.40. The van der Waals surface area contributed by atoms with Crippen molar-refractivity contribution in [2.45, 2.75) is 25.9 Å². The molecule has 0 amide bonds. The van der Waals surface area contributed by atoms with Crippen LogP contribution >= 0.6 is 0 Å². The minimum absolute atomic E-state index is 0.0842. The highest BCUT2D eigenvalue weighted by Gasteiger charge is 2.82. The Balaban J connectivity index is 1.28. The van der Waals surface area contributed by atoms with Crippen molar-refractivity contribution in [3.05, 3.63) is 135 Å². The fourth-order valence-corrected chi connectivity index (χ4v) is 9.99. The number of allylic oxidation sites excluding steroid dienone is 4. The van der Waals surface area contributed by atoms with Crippen molar-refractivity contribution < 1.29 is 4.79 Å². The van der Waals surface area contributed by atoms with E-state index in [-0.39, 0.29) is 52.9 Å². The highest BCUT2D eigenvalue weighted by molar-refractivity contribution is 6.23. The minimum atomic E-state index is -0.685. The number of para-hydroxylation sites is 1. The van der Waals surface area contributed by atoms with Crippen LogP contribution in [0.25, 0.3) is 16.8 Å². The first kappa shape index (κ1) is 23.3. The first-order valence-corrected chi connectivity index (χ1v) is 14.5. The van der Waals surface area contributed by atoms with Crippen LogP contribution in [0.15, 0.2) is 113 Å². The number of rotatable bonds is 3. The molecule has 0 unspecified atom stereocenters. The zero-order chi connectivity index (χ0) is 27.8. The van der Waals surface area contributed by atoms with Crippen LogP contribution in [0.5, 0.6) is 0 Å². The number of hydrogen-bond donors (Lipinski definition) is 0. The molecule has 3 heterocycles. The molecular weight excluding hydrogens is 510 g/mol. The molecule has 0 spiro atoms. The fourth-order valence-electron chi connectivity index (χ4n) is 9.99. The van der Waals surface area contributed by atoms with Crippen molar-refractivity contribution in [1.29, 1.82) is 0 Å². The first-order chi connectivity index (χ1) is 19.9. The Labute approximate surface area is 236 Å². The Bertz CT molecular complexity index is 1850. The molecule has 202 valence electrons. The number of carbonyl (C=O) groups is 1. The standard InChI is InChI=1S/C35H29N3O3/c1-34-27(20-12-6-3-7-13-20)28(21-14-8-4-9-15-21)35(2,31(34)39)30-26-24-19-18-23(25(26)29(30)34)37-32(40)36(33(41)38(24)37)22-16-10-5-11-17-22/h3-19,23-26,29-30H,1-2H3/t23-,24-,25-,26+,29-,30+,34-,35-/m0/s1. The molecule has 4 aromatic rings. The van der Waals surface area contributed by atoms with Gasteiger partial charge in [0, 0.05) is 0 Å². The number of benzene rings is 3. The van der Waals surface area contributed by atoms with E-state index in [0.29, 0.717) is 5.69 Å². The molecule has 2 aliphatic heterocycles. The molecule has 2 saturated carbocycles. The second-order valence-corrected chi connectivity index (χ2v) is 12.7. The molecule has 6 nitrogen and oxygen atoms in total. The molecule has 41 heavy (non-hydrogen) atoms. The van der Waals surface area contributed by atoms with Crippen LogP contribution in [0.2, 0.25) is 0 Å². The summed E-state index contributed by atoms with van der Waals surface area (Å²) in [6, 6.07) is 29.4. The van der Waals surface area contributed by atoms with Gasteiger partial charge in [-0.05, 0) is 71.9 Å². The third kappa shape index (κ3) is 2.42. The van der Waals surface area contributed by atoms with Crippen molar-refractivity contribution in [2.75, 3.05) is 0 Å². The Morgan fingerprint density at radius 1 is 0.561 bits per heavy atom. The quantitative estimate of drug-likeness (QED) is 0.338. The van der Waals surface area contributed by atoms with E-state index >= 15 is 0 Å². The molecule has 1 aromatic heterocycles. The minimum Gasteiger partial charge on any atom is -0.298 e. The van der Waals surface area contributed by atoms with Crippen molar-refractivity contribution in [2.24, 2.45) is 34.5 Å². The van der Waals surface area contributed by atoms with Gasteiger partial charge in [0.1, 0.15) is 0 Å². The van der Waals surface area contributed by atoms with Gasteiger partial charge in [0.25, 0.3) is 0 Å². The van der Waals surface area contributed by atoms with Crippen LogP contribution in [0.4, 0.5) is 0 Å². The van der Waals surface area contributed by atoms with E-state index in [4.69, 9.17) is 0 Å². The van der Waals surface area contributed by atoms with E-state index in [1.165, 1.54) is 4.57 Å². The highest BCUT2D eigenvalue weighted by Crippen LogP contribution is 2.82. The van der Waals surface area contributed by atoms with Gasteiger partial charge in [0.05, 0.1) is 28.6 Å². The number of hydrogen-bond acceptors (Lipinski definition) is 3. The number of ketones is 1. The summed E-state index contributed by atoms with van der Waals surface area (Å²) in [5.41, 5.74) is 3.04. The molecule has 8 atom stereocenters. The van der Waals surface area contributed by atoms with Crippen LogP contribution in [0.1, 0.15) is 37.1 Å². The second kappa shape index (κ2) is 7.43. The van der Waals surface area contributed by atoms with Crippen LogP contribution in [0.3, 0.4) is 0 Å². The molecule has 2 fully saturated rings. The van der Waals surface area contributed by atoms with E-state index < -0.39 is 10.8 Å². The number of Topliss-reactive ketones (excluding diaryl/α,β-unsaturated/α-hetero) is 1. The highest BCUT2D eigenvalue weighted by atomic mass is 16.2. The van der Waals surface area contributed by atoms with E-state index in [2.05, 4.69) is 50.3 Å². The summed E-state index contributed by atoms with van der Waals surface area (Å²) in [6.45, 7) is 4.31. The van der Waals surface area contributed by atoms with E-state index in [1.807, 2.05) is 54.6 Å². The predicted octanol–water partition coefficient (Wildman–Crippen LogP) is 5.16. The second-order valence-electron chi connectivity index (χ2n) is 12.7. The van der Waals surface area contributed by atoms with Gasteiger partial charge in [-0.15, -0.1) is 0 Å². The average Bonchev–Trinajstić information content (AvgIpc) is 3.42. The van der Waals surface area contributed by atoms with Gasteiger partial charge >= 0.3 is 11.4 Å². The van der Waals surface area contributed by atoms with Gasteiger partial charge in [-0.2, -0.15) is 0 Å². The van der Waals surface area contributed by atoms with E-state index in [1.54, 1.807) is 21.5 Å². The van der Waals surface area contributed by atoms with Crippen molar-refractivity contribution >= 4 is 16.9 Å². The van der Waals surface area contributed by atoms with Crippen molar-refractivity contribution in [1.82, 2.24) is 13.9 Å². The Kier molecular flexibility index (Phi) is 4.22. The maximum absolute atomic E-state index is 14.8. The third-order valence-electron chi connectivity index (χ3n) is 11.2. The number of fused-ring (bicyclic) bond motifs is 5. The predicted molar refractivity (Wildman–Crippen MR) is 156 cm³/mol. The zero-order valence-electron chi connectivity index (χ0n) is 22.8. The first-order valence-electron chi connectivity index (χ1n) is 14.5. The average molecular weight is 540 g/mol. The summed E-state index contributed by atoms with van der Waals surface area (Å²) in [5, 5.41) is 0. The fraction of sp³-hybridized carbons (Fsp3) is 0.286. The maximum atomic E-state index is 14.8. The number of aromatic nitrogens is 3. The van der Waals surface area contributed by atoms with Gasteiger partial charge in [-0.25, -0.2) is 23.5 Å². The van der Waals surface area contributed by atoms with Crippen molar-refractivity contribution in [3.63, 3.8) is 0 Å². The smallest absolute Gasteiger partial charge is 0.298 e. The molecule has 4 aliphatic carbocycles. The largest absolute Gasteiger partial charge is 0.352 e. The van der Waals surface area contributed by atoms with Gasteiger partial charge in [0.2, 0.25) is 0 Å². The normalized spacial score (nSPS) is 35.3. The number of nitrogens with zero attached hydrogens (tertiary/aromatic N) is 3. The summed E-state index contributed by atoms with van der Waals surface area (Å²) in [6.07, 6.45) is 4.23. The van der Waals surface area contributed by atoms with Crippen molar-refractivity contribution in [3.8, 4) is 5.69 Å². The molecule has 0 radical (unpaired) electrons.